The number of nitrogens with one attached hydrogen (secondary N) is 1. The van der Waals surface area contributed by atoms with Crippen molar-refractivity contribution in [3.63, 3.8) is 0 Å². The number of carboxylic acid groups (broad SMARTS) is 1. The number of rotatable bonds is 5. The van der Waals surface area contributed by atoms with Gasteiger partial charge in [-0.3, -0.25) is 0 Å². The molecule has 1 atom stereocenters. The van der Waals surface area contributed by atoms with E-state index >= 15 is 0 Å². The maximum absolute atomic E-state index is 11.0. The summed E-state index contributed by atoms with van der Waals surface area (Å²) in [6.07, 6.45) is 5.30. The van der Waals surface area contributed by atoms with Gasteiger partial charge in [0, 0.05) is 12.6 Å². The minimum atomic E-state index is -0.815. The van der Waals surface area contributed by atoms with Crippen LogP contribution >= 0.6 is 11.3 Å². The Labute approximate surface area is 106 Å². The molecule has 0 aliphatic heterocycles. The lowest BCUT2D eigenvalue weighted by atomic mass is 9.99. The third-order valence-electron chi connectivity index (χ3n) is 3.66. The molecule has 1 heterocycles. The van der Waals surface area contributed by atoms with Gasteiger partial charge in [-0.1, -0.05) is 12.8 Å². The summed E-state index contributed by atoms with van der Waals surface area (Å²) in [5.41, 5.74) is 0.910. The van der Waals surface area contributed by atoms with Crippen molar-refractivity contribution in [3.05, 3.63) is 21.9 Å². The van der Waals surface area contributed by atoms with Gasteiger partial charge in [-0.2, -0.15) is 0 Å². The first-order valence-electron chi connectivity index (χ1n) is 6.21. The molecule has 1 aliphatic carbocycles. The molecule has 94 valence electrons. The van der Waals surface area contributed by atoms with Crippen LogP contribution in [0.2, 0.25) is 0 Å². The number of thiophene rings is 1. The van der Waals surface area contributed by atoms with E-state index in [1.54, 1.807) is 0 Å². The molecule has 1 fully saturated rings. The van der Waals surface area contributed by atoms with Gasteiger partial charge >= 0.3 is 5.97 Å². The molecule has 3 nitrogen and oxygen atoms in total. The second-order valence-electron chi connectivity index (χ2n) is 4.79. The average Bonchev–Trinajstić information content (AvgIpc) is 2.96. The smallest absolute Gasteiger partial charge is 0.346 e. The lowest BCUT2D eigenvalue weighted by molar-refractivity contribution is 0.0701. The molecule has 1 aromatic rings. The van der Waals surface area contributed by atoms with E-state index in [1.165, 1.54) is 37.0 Å². The second kappa shape index (κ2) is 5.65. The molecule has 0 saturated heterocycles. The number of hydrogen-bond donors (Lipinski definition) is 2. The van der Waals surface area contributed by atoms with Crippen LogP contribution in [0.3, 0.4) is 0 Å². The van der Waals surface area contributed by atoms with Crippen molar-refractivity contribution in [1.29, 1.82) is 0 Å². The monoisotopic (exact) mass is 253 g/mol. The summed E-state index contributed by atoms with van der Waals surface area (Å²) >= 11 is 1.30. The summed E-state index contributed by atoms with van der Waals surface area (Å²) in [5, 5.41) is 14.3. The van der Waals surface area contributed by atoms with Crippen LogP contribution in [0, 0.1) is 5.92 Å². The van der Waals surface area contributed by atoms with Gasteiger partial charge in [0.2, 0.25) is 0 Å². The number of hydrogen-bond acceptors (Lipinski definition) is 3. The largest absolute Gasteiger partial charge is 0.477 e. The molecular formula is C13H19NO2S. The Bertz CT molecular complexity index is 383. The van der Waals surface area contributed by atoms with Crippen molar-refractivity contribution >= 4 is 17.3 Å². The van der Waals surface area contributed by atoms with Crippen molar-refractivity contribution < 1.29 is 9.90 Å². The van der Waals surface area contributed by atoms with Gasteiger partial charge < -0.3 is 10.4 Å². The average molecular weight is 253 g/mol. The van der Waals surface area contributed by atoms with Crippen LogP contribution in [0.5, 0.6) is 0 Å². The first kappa shape index (κ1) is 12.6. The first-order valence-corrected chi connectivity index (χ1v) is 7.09. The van der Waals surface area contributed by atoms with E-state index in [1.807, 2.05) is 11.4 Å². The van der Waals surface area contributed by atoms with Gasteiger partial charge in [-0.25, -0.2) is 4.79 Å². The summed E-state index contributed by atoms with van der Waals surface area (Å²) in [6, 6.07) is 2.39. The first-order chi connectivity index (χ1) is 8.18. The van der Waals surface area contributed by atoms with E-state index in [0.717, 1.165) is 11.5 Å². The Hall–Kier alpha value is -0.870. The van der Waals surface area contributed by atoms with E-state index < -0.39 is 5.97 Å². The SMILES string of the molecule is C[C@H](NCc1ccsc1C(=O)O)C1CCCC1. The predicted octanol–water partition coefficient (Wildman–Crippen LogP) is 3.11. The van der Waals surface area contributed by atoms with Crippen LogP contribution in [0.15, 0.2) is 11.4 Å². The molecule has 1 saturated carbocycles. The van der Waals surface area contributed by atoms with Crippen molar-refractivity contribution in [1.82, 2.24) is 5.32 Å². The van der Waals surface area contributed by atoms with Gasteiger partial charge in [0.15, 0.2) is 0 Å². The molecule has 0 amide bonds. The third kappa shape index (κ3) is 3.07. The summed E-state index contributed by atoms with van der Waals surface area (Å²) in [5.74, 6) is -0.0489. The van der Waals surface area contributed by atoms with Crippen LogP contribution in [-0.4, -0.2) is 17.1 Å². The molecule has 0 aromatic carbocycles. The number of carboxylic acids is 1. The molecule has 4 heteroatoms. The fourth-order valence-electron chi connectivity index (χ4n) is 2.56. The highest BCUT2D eigenvalue weighted by Gasteiger charge is 2.21. The fraction of sp³-hybridized carbons (Fsp3) is 0.615. The molecular weight excluding hydrogens is 234 g/mol. The Balaban J connectivity index is 1.88. The maximum atomic E-state index is 11.0. The number of carbonyl (C=O) groups is 1. The van der Waals surface area contributed by atoms with Gasteiger partial charge in [-0.15, -0.1) is 11.3 Å². The normalized spacial score (nSPS) is 18.4. The molecule has 0 radical (unpaired) electrons. The highest BCUT2D eigenvalue weighted by atomic mass is 32.1. The summed E-state index contributed by atoms with van der Waals surface area (Å²) in [6.45, 7) is 2.88. The van der Waals surface area contributed by atoms with Crippen molar-refractivity contribution in [2.24, 2.45) is 5.92 Å². The van der Waals surface area contributed by atoms with Crippen LogP contribution in [-0.2, 0) is 6.54 Å². The van der Waals surface area contributed by atoms with Gasteiger partial charge in [-0.05, 0) is 42.7 Å². The Morgan fingerprint density at radius 3 is 2.94 bits per heavy atom. The summed E-state index contributed by atoms with van der Waals surface area (Å²) < 4.78 is 0. The predicted molar refractivity (Wildman–Crippen MR) is 69.5 cm³/mol. The van der Waals surface area contributed by atoms with E-state index in [0.29, 0.717) is 17.5 Å². The Morgan fingerprint density at radius 2 is 2.29 bits per heavy atom. The highest BCUT2D eigenvalue weighted by Crippen LogP contribution is 2.27. The van der Waals surface area contributed by atoms with Crippen LogP contribution < -0.4 is 5.32 Å². The Kier molecular flexibility index (Phi) is 4.18. The molecule has 0 spiro atoms. The minimum absolute atomic E-state index is 0.469. The van der Waals surface area contributed by atoms with Crippen molar-refractivity contribution in [2.45, 2.75) is 45.2 Å². The minimum Gasteiger partial charge on any atom is -0.477 e. The molecule has 2 rings (SSSR count). The summed E-state index contributed by atoms with van der Waals surface area (Å²) in [7, 11) is 0. The zero-order chi connectivity index (χ0) is 12.3. The quantitative estimate of drug-likeness (QED) is 0.847. The van der Waals surface area contributed by atoms with Gasteiger partial charge in [0.1, 0.15) is 4.88 Å². The molecule has 1 aromatic heterocycles. The van der Waals surface area contributed by atoms with Crippen LogP contribution in [0.25, 0.3) is 0 Å². The van der Waals surface area contributed by atoms with E-state index in [-0.39, 0.29) is 0 Å². The molecule has 2 N–H and O–H groups in total. The zero-order valence-electron chi connectivity index (χ0n) is 10.1. The van der Waals surface area contributed by atoms with Crippen molar-refractivity contribution in [3.8, 4) is 0 Å². The molecule has 17 heavy (non-hydrogen) atoms. The van der Waals surface area contributed by atoms with E-state index in [9.17, 15) is 4.79 Å². The van der Waals surface area contributed by atoms with Gasteiger partial charge in [0.25, 0.3) is 0 Å². The lowest BCUT2D eigenvalue weighted by Crippen LogP contribution is -2.32. The van der Waals surface area contributed by atoms with Crippen molar-refractivity contribution in [2.75, 3.05) is 0 Å². The molecule has 1 aliphatic rings. The van der Waals surface area contributed by atoms with E-state index in [4.69, 9.17) is 5.11 Å². The standard InChI is InChI=1S/C13H19NO2S/c1-9(10-4-2-3-5-10)14-8-11-6-7-17-12(11)13(15)16/h6-7,9-10,14H,2-5,8H2,1H3,(H,15,16)/t9-/m0/s1. The Morgan fingerprint density at radius 1 is 1.59 bits per heavy atom. The van der Waals surface area contributed by atoms with Crippen LogP contribution in [0.4, 0.5) is 0 Å². The highest BCUT2D eigenvalue weighted by molar-refractivity contribution is 7.12. The molecule has 0 unspecified atom stereocenters. The zero-order valence-corrected chi connectivity index (χ0v) is 10.9. The maximum Gasteiger partial charge on any atom is 0.346 e. The van der Waals surface area contributed by atoms with E-state index in [2.05, 4.69) is 12.2 Å². The topological polar surface area (TPSA) is 49.3 Å². The number of aromatic carboxylic acids is 1. The summed E-state index contributed by atoms with van der Waals surface area (Å²) in [4.78, 5) is 11.4. The third-order valence-corrected chi connectivity index (χ3v) is 4.61. The fourth-order valence-corrected chi connectivity index (χ4v) is 3.32. The molecule has 0 bridgehead atoms. The van der Waals surface area contributed by atoms with Crippen LogP contribution in [0.1, 0.15) is 47.8 Å². The lowest BCUT2D eigenvalue weighted by Gasteiger charge is -2.20. The van der Waals surface area contributed by atoms with Gasteiger partial charge in [0.05, 0.1) is 0 Å². The second-order valence-corrected chi connectivity index (χ2v) is 5.71.